The number of hydrogen-bond acceptors (Lipinski definition) is 4. The van der Waals surface area contributed by atoms with E-state index in [1.165, 1.54) is 6.08 Å². The van der Waals surface area contributed by atoms with Gasteiger partial charge in [-0.3, -0.25) is 0 Å². The van der Waals surface area contributed by atoms with Crippen LogP contribution in [-0.2, 0) is 4.79 Å². The van der Waals surface area contributed by atoms with Crippen molar-refractivity contribution in [2.45, 2.75) is 0 Å². The maximum Gasteiger partial charge on any atom is 0.337 e. The van der Waals surface area contributed by atoms with Crippen LogP contribution in [0.4, 0.5) is 0 Å². The lowest BCUT2D eigenvalue weighted by Gasteiger charge is -2.00. The van der Waals surface area contributed by atoms with Gasteiger partial charge in [-0.05, 0) is 29.8 Å². The molecule has 0 radical (unpaired) electrons. The molecule has 0 fully saturated rings. The minimum absolute atomic E-state index is 0.284. The summed E-state index contributed by atoms with van der Waals surface area (Å²) >= 11 is 0. The van der Waals surface area contributed by atoms with Crippen LogP contribution >= 0.6 is 0 Å². The van der Waals surface area contributed by atoms with Crippen LogP contribution in [0.2, 0.25) is 0 Å². The molecule has 0 spiro atoms. The van der Waals surface area contributed by atoms with Crippen LogP contribution in [0.15, 0.2) is 54.7 Å². The average Bonchev–Trinajstić information content (AvgIpc) is 2.47. The maximum atomic E-state index is 11.5. The van der Waals surface area contributed by atoms with E-state index in [-0.39, 0.29) is 5.88 Å². The van der Waals surface area contributed by atoms with Crippen LogP contribution in [0.1, 0.15) is 5.56 Å². The standard InChI is InChI=1S/C15H13NO3/c1-18-13-8-5-12(6-9-13)7-10-15(17)19-14-4-2-3-11-16-14/h2-11H,1H3/b10-7+. The van der Waals surface area contributed by atoms with E-state index in [2.05, 4.69) is 4.98 Å². The van der Waals surface area contributed by atoms with Crippen LogP contribution < -0.4 is 9.47 Å². The lowest BCUT2D eigenvalue weighted by molar-refractivity contribution is -0.129. The van der Waals surface area contributed by atoms with Crippen molar-refractivity contribution in [3.8, 4) is 11.6 Å². The fourth-order valence-corrected chi connectivity index (χ4v) is 1.42. The Balaban J connectivity index is 1.96. The van der Waals surface area contributed by atoms with Gasteiger partial charge in [-0.2, -0.15) is 0 Å². The van der Waals surface area contributed by atoms with Crippen molar-refractivity contribution in [2.24, 2.45) is 0 Å². The summed E-state index contributed by atoms with van der Waals surface area (Å²) in [5.74, 6) is 0.592. The maximum absolute atomic E-state index is 11.5. The van der Waals surface area contributed by atoms with Gasteiger partial charge in [0.25, 0.3) is 0 Å². The van der Waals surface area contributed by atoms with Crippen molar-refractivity contribution in [1.29, 1.82) is 0 Å². The van der Waals surface area contributed by atoms with E-state index >= 15 is 0 Å². The molecule has 0 aliphatic heterocycles. The number of carbonyl (C=O) groups excluding carboxylic acids is 1. The predicted molar refractivity (Wildman–Crippen MR) is 71.9 cm³/mol. The summed E-state index contributed by atoms with van der Waals surface area (Å²) in [6.45, 7) is 0. The second kappa shape index (κ2) is 6.35. The number of ether oxygens (including phenoxy) is 2. The SMILES string of the molecule is COc1ccc(/C=C/C(=O)Oc2ccccn2)cc1. The summed E-state index contributed by atoms with van der Waals surface area (Å²) in [5.41, 5.74) is 0.888. The van der Waals surface area contributed by atoms with E-state index in [4.69, 9.17) is 9.47 Å². The number of aromatic nitrogens is 1. The number of rotatable bonds is 4. The number of benzene rings is 1. The molecule has 0 N–H and O–H groups in total. The van der Waals surface area contributed by atoms with E-state index in [0.29, 0.717) is 0 Å². The molecule has 0 unspecified atom stereocenters. The first-order chi connectivity index (χ1) is 9.28. The predicted octanol–water partition coefficient (Wildman–Crippen LogP) is 2.71. The fraction of sp³-hybridized carbons (Fsp3) is 0.0667. The minimum Gasteiger partial charge on any atom is -0.497 e. The molecule has 0 atom stereocenters. The molecule has 19 heavy (non-hydrogen) atoms. The van der Waals surface area contributed by atoms with Gasteiger partial charge in [-0.1, -0.05) is 18.2 Å². The molecule has 4 heteroatoms. The molecule has 0 saturated heterocycles. The molecule has 4 nitrogen and oxygen atoms in total. The highest BCUT2D eigenvalue weighted by Gasteiger charge is 2.00. The number of methoxy groups -OCH3 is 1. The molecule has 0 saturated carbocycles. The van der Waals surface area contributed by atoms with Crippen LogP contribution in [0.25, 0.3) is 6.08 Å². The third-order valence-corrected chi connectivity index (χ3v) is 2.37. The lowest BCUT2D eigenvalue weighted by atomic mass is 10.2. The fourth-order valence-electron chi connectivity index (χ4n) is 1.42. The summed E-state index contributed by atoms with van der Waals surface area (Å²) in [5, 5.41) is 0. The van der Waals surface area contributed by atoms with Crippen molar-refractivity contribution >= 4 is 12.0 Å². The highest BCUT2D eigenvalue weighted by Crippen LogP contribution is 2.12. The highest BCUT2D eigenvalue weighted by atomic mass is 16.5. The Kier molecular flexibility index (Phi) is 4.29. The van der Waals surface area contributed by atoms with E-state index < -0.39 is 5.97 Å². The van der Waals surface area contributed by atoms with Gasteiger partial charge >= 0.3 is 5.97 Å². The zero-order chi connectivity index (χ0) is 13.5. The van der Waals surface area contributed by atoms with Crippen molar-refractivity contribution in [1.82, 2.24) is 4.98 Å². The van der Waals surface area contributed by atoms with Gasteiger partial charge in [0, 0.05) is 18.3 Å². The topological polar surface area (TPSA) is 48.4 Å². The second-order valence-electron chi connectivity index (χ2n) is 3.70. The molecule has 1 aromatic heterocycles. The van der Waals surface area contributed by atoms with Gasteiger partial charge in [0.15, 0.2) is 0 Å². The third-order valence-electron chi connectivity index (χ3n) is 2.37. The molecular weight excluding hydrogens is 242 g/mol. The summed E-state index contributed by atoms with van der Waals surface area (Å²) in [6.07, 6.45) is 4.59. The van der Waals surface area contributed by atoms with E-state index in [1.54, 1.807) is 37.6 Å². The molecule has 0 bridgehead atoms. The van der Waals surface area contributed by atoms with Crippen LogP contribution in [0.3, 0.4) is 0 Å². The van der Waals surface area contributed by atoms with Gasteiger partial charge in [-0.15, -0.1) is 0 Å². The molecule has 1 aromatic carbocycles. The minimum atomic E-state index is -0.463. The lowest BCUT2D eigenvalue weighted by Crippen LogP contribution is -2.04. The van der Waals surface area contributed by atoms with Crippen molar-refractivity contribution in [3.63, 3.8) is 0 Å². The number of hydrogen-bond donors (Lipinski definition) is 0. The smallest absolute Gasteiger partial charge is 0.337 e. The summed E-state index contributed by atoms with van der Waals surface area (Å²) < 4.78 is 10.1. The molecule has 2 aromatic rings. The van der Waals surface area contributed by atoms with Crippen LogP contribution in [0, 0.1) is 0 Å². The second-order valence-corrected chi connectivity index (χ2v) is 3.70. The molecule has 1 heterocycles. The Labute approximate surface area is 111 Å². The van der Waals surface area contributed by atoms with Crippen molar-refractivity contribution in [3.05, 3.63) is 60.3 Å². The Bertz CT molecular complexity index is 562. The van der Waals surface area contributed by atoms with Gasteiger partial charge in [0.05, 0.1) is 7.11 Å². The average molecular weight is 255 g/mol. The first-order valence-electron chi connectivity index (χ1n) is 5.73. The Morgan fingerprint density at radius 3 is 2.58 bits per heavy atom. The first kappa shape index (κ1) is 12.8. The molecule has 96 valence electrons. The van der Waals surface area contributed by atoms with Gasteiger partial charge in [0.1, 0.15) is 5.75 Å². The van der Waals surface area contributed by atoms with Gasteiger partial charge < -0.3 is 9.47 Å². The molecule has 0 aliphatic rings. The van der Waals surface area contributed by atoms with E-state index in [1.807, 2.05) is 24.3 Å². The van der Waals surface area contributed by atoms with Gasteiger partial charge in [0.2, 0.25) is 5.88 Å². The van der Waals surface area contributed by atoms with E-state index in [9.17, 15) is 4.79 Å². The third kappa shape index (κ3) is 3.96. The molecule has 0 aliphatic carbocycles. The Morgan fingerprint density at radius 1 is 1.16 bits per heavy atom. The van der Waals surface area contributed by atoms with Gasteiger partial charge in [-0.25, -0.2) is 9.78 Å². The Morgan fingerprint density at radius 2 is 1.95 bits per heavy atom. The zero-order valence-electron chi connectivity index (χ0n) is 10.4. The van der Waals surface area contributed by atoms with Crippen molar-refractivity contribution < 1.29 is 14.3 Å². The molecule has 0 amide bonds. The molecular formula is C15H13NO3. The summed E-state index contributed by atoms with van der Waals surface area (Å²) in [7, 11) is 1.61. The summed E-state index contributed by atoms with van der Waals surface area (Å²) in [4.78, 5) is 15.4. The number of carbonyl (C=O) groups is 1. The van der Waals surface area contributed by atoms with Crippen LogP contribution in [-0.4, -0.2) is 18.1 Å². The van der Waals surface area contributed by atoms with Crippen molar-refractivity contribution in [2.75, 3.05) is 7.11 Å². The van der Waals surface area contributed by atoms with Crippen LogP contribution in [0.5, 0.6) is 11.6 Å². The summed E-state index contributed by atoms with van der Waals surface area (Å²) in [6, 6.07) is 12.5. The number of pyridine rings is 1. The molecule has 2 rings (SSSR count). The first-order valence-corrected chi connectivity index (χ1v) is 5.73. The normalized spacial score (nSPS) is 10.4. The zero-order valence-corrected chi connectivity index (χ0v) is 10.4. The number of nitrogens with zero attached hydrogens (tertiary/aromatic N) is 1. The largest absolute Gasteiger partial charge is 0.497 e. The van der Waals surface area contributed by atoms with E-state index in [0.717, 1.165) is 11.3 Å². The number of esters is 1. The highest BCUT2D eigenvalue weighted by molar-refractivity contribution is 5.88. The Hall–Kier alpha value is -2.62. The monoisotopic (exact) mass is 255 g/mol. The quantitative estimate of drug-likeness (QED) is 0.622.